The van der Waals surface area contributed by atoms with Crippen LogP contribution in [0.15, 0.2) is 36.4 Å². The van der Waals surface area contributed by atoms with Crippen molar-refractivity contribution in [1.82, 2.24) is 9.97 Å². The molecule has 1 aromatic heterocycles. The first-order valence-electron chi connectivity index (χ1n) is 7.32. The Balaban J connectivity index is 1.94. The number of benzene rings is 1. The van der Waals surface area contributed by atoms with E-state index in [1.54, 1.807) is 0 Å². The maximum atomic E-state index is 6.20. The molecule has 3 rings (SSSR count). The third-order valence-corrected chi connectivity index (χ3v) is 4.28. The molecule has 1 aliphatic rings. The second-order valence-corrected chi connectivity index (χ2v) is 6.16. The predicted molar refractivity (Wildman–Crippen MR) is 82.9 cm³/mol. The minimum absolute atomic E-state index is 0.458. The Labute approximate surface area is 125 Å². The van der Waals surface area contributed by atoms with E-state index in [0.717, 1.165) is 23.0 Å². The Morgan fingerprint density at radius 1 is 1.10 bits per heavy atom. The van der Waals surface area contributed by atoms with Gasteiger partial charge in [0.05, 0.1) is 5.69 Å². The molecule has 3 heteroatoms. The normalized spacial score (nSPS) is 22.7. The zero-order chi connectivity index (χ0) is 13.9. The van der Waals surface area contributed by atoms with Gasteiger partial charge in [0.15, 0.2) is 0 Å². The van der Waals surface area contributed by atoms with Gasteiger partial charge in [-0.25, -0.2) is 9.97 Å². The van der Waals surface area contributed by atoms with Gasteiger partial charge in [-0.1, -0.05) is 61.7 Å². The molecule has 104 valence electrons. The van der Waals surface area contributed by atoms with Crippen LogP contribution in [-0.2, 0) is 0 Å². The first-order chi connectivity index (χ1) is 9.72. The van der Waals surface area contributed by atoms with Crippen LogP contribution in [0.5, 0.6) is 0 Å². The maximum absolute atomic E-state index is 6.20. The van der Waals surface area contributed by atoms with E-state index in [4.69, 9.17) is 16.6 Å². The van der Waals surface area contributed by atoms with Gasteiger partial charge in [0, 0.05) is 17.5 Å². The monoisotopic (exact) mass is 286 g/mol. The van der Waals surface area contributed by atoms with Gasteiger partial charge in [0.2, 0.25) is 0 Å². The van der Waals surface area contributed by atoms with Crippen molar-refractivity contribution in [3.05, 3.63) is 47.4 Å². The van der Waals surface area contributed by atoms with E-state index in [0.29, 0.717) is 11.1 Å². The fraction of sp³-hybridized carbons (Fsp3) is 0.412. The number of hydrogen-bond acceptors (Lipinski definition) is 2. The van der Waals surface area contributed by atoms with Gasteiger partial charge in [-0.05, 0) is 18.8 Å². The summed E-state index contributed by atoms with van der Waals surface area (Å²) in [4.78, 5) is 9.24. The lowest BCUT2D eigenvalue weighted by atomic mass is 9.82. The lowest BCUT2D eigenvalue weighted by Gasteiger charge is -2.25. The average Bonchev–Trinajstić information content (AvgIpc) is 2.47. The summed E-state index contributed by atoms with van der Waals surface area (Å²) >= 11 is 6.20. The number of halogens is 1. The van der Waals surface area contributed by atoms with Crippen LogP contribution < -0.4 is 0 Å². The zero-order valence-corrected chi connectivity index (χ0v) is 12.5. The highest BCUT2D eigenvalue weighted by molar-refractivity contribution is 6.29. The molecule has 1 saturated carbocycles. The molecule has 2 aromatic rings. The van der Waals surface area contributed by atoms with Crippen molar-refractivity contribution in [1.29, 1.82) is 0 Å². The molecule has 1 heterocycles. The molecule has 20 heavy (non-hydrogen) atoms. The van der Waals surface area contributed by atoms with Crippen LogP contribution in [0.25, 0.3) is 11.3 Å². The molecular formula is C17H19ClN2. The van der Waals surface area contributed by atoms with Gasteiger partial charge in [-0.15, -0.1) is 0 Å². The molecule has 0 N–H and O–H groups in total. The van der Waals surface area contributed by atoms with Crippen LogP contribution in [-0.4, -0.2) is 9.97 Å². The fourth-order valence-electron chi connectivity index (χ4n) is 3.04. The Bertz CT molecular complexity index is 583. The van der Waals surface area contributed by atoms with E-state index >= 15 is 0 Å². The van der Waals surface area contributed by atoms with E-state index in [1.807, 2.05) is 24.3 Å². The van der Waals surface area contributed by atoms with Crippen LogP contribution in [0.2, 0.25) is 5.15 Å². The summed E-state index contributed by atoms with van der Waals surface area (Å²) < 4.78 is 0. The van der Waals surface area contributed by atoms with Crippen molar-refractivity contribution < 1.29 is 0 Å². The summed E-state index contributed by atoms with van der Waals surface area (Å²) in [6.07, 6.45) is 4.94. The van der Waals surface area contributed by atoms with Crippen molar-refractivity contribution in [2.24, 2.45) is 5.92 Å². The molecule has 2 unspecified atom stereocenters. The molecule has 0 radical (unpaired) electrons. The quantitative estimate of drug-likeness (QED) is 0.719. The van der Waals surface area contributed by atoms with Crippen LogP contribution in [0.1, 0.15) is 44.3 Å². The Kier molecular flexibility index (Phi) is 4.02. The molecule has 1 fully saturated rings. The summed E-state index contributed by atoms with van der Waals surface area (Å²) in [5.74, 6) is 2.14. The Morgan fingerprint density at radius 2 is 1.90 bits per heavy atom. The molecule has 0 amide bonds. The van der Waals surface area contributed by atoms with E-state index in [2.05, 4.69) is 24.0 Å². The van der Waals surface area contributed by atoms with Crippen molar-refractivity contribution in [2.75, 3.05) is 0 Å². The van der Waals surface area contributed by atoms with Crippen LogP contribution in [0, 0.1) is 5.92 Å². The van der Waals surface area contributed by atoms with E-state index in [9.17, 15) is 0 Å². The van der Waals surface area contributed by atoms with Crippen molar-refractivity contribution in [3.63, 3.8) is 0 Å². The van der Waals surface area contributed by atoms with Gasteiger partial charge in [0.25, 0.3) is 0 Å². The van der Waals surface area contributed by atoms with Crippen molar-refractivity contribution >= 4 is 11.6 Å². The van der Waals surface area contributed by atoms with Crippen LogP contribution in [0.4, 0.5) is 0 Å². The average molecular weight is 287 g/mol. The maximum Gasteiger partial charge on any atom is 0.133 e. The van der Waals surface area contributed by atoms with Crippen LogP contribution in [0.3, 0.4) is 0 Å². The number of rotatable bonds is 2. The van der Waals surface area contributed by atoms with E-state index < -0.39 is 0 Å². The molecule has 0 aliphatic heterocycles. The minimum Gasteiger partial charge on any atom is -0.232 e. The second kappa shape index (κ2) is 5.92. The van der Waals surface area contributed by atoms with Gasteiger partial charge in [-0.3, -0.25) is 0 Å². The zero-order valence-electron chi connectivity index (χ0n) is 11.7. The molecular weight excluding hydrogens is 268 g/mol. The summed E-state index contributed by atoms with van der Waals surface area (Å²) in [7, 11) is 0. The molecule has 1 aromatic carbocycles. The standard InChI is InChI=1S/C17H19ClN2/c1-12-6-5-9-14(10-12)17-19-15(11-16(18)20-17)13-7-3-2-4-8-13/h2-4,7-8,11-12,14H,5-6,9-10H2,1H3. The lowest BCUT2D eigenvalue weighted by molar-refractivity contribution is 0.335. The predicted octanol–water partition coefficient (Wildman–Crippen LogP) is 5.09. The Morgan fingerprint density at radius 3 is 2.65 bits per heavy atom. The topological polar surface area (TPSA) is 25.8 Å². The highest BCUT2D eigenvalue weighted by Crippen LogP contribution is 2.35. The first kappa shape index (κ1) is 13.6. The van der Waals surface area contributed by atoms with E-state index in [-0.39, 0.29) is 0 Å². The van der Waals surface area contributed by atoms with Crippen molar-refractivity contribution in [3.8, 4) is 11.3 Å². The summed E-state index contributed by atoms with van der Waals surface area (Å²) in [5.41, 5.74) is 2.03. The summed E-state index contributed by atoms with van der Waals surface area (Å²) in [5, 5.41) is 0.548. The number of hydrogen-bond donors (Lipinski definition) is 0. The molecule has 0 spiro atoms. The van der Waals surface area contributed by atoms with Gasteiger partial charge in [-0.2, -0.15) is 0 Å². The smallest absolute Gasteiger partial charge is 0.133 e. The van der Waals surface area contributed by atoms with Gasteiger partial charge in [0.1, 0.15) is 11.0 Å². The lowest BCUT2D eigenvalue weighted by Crippen LogP contribution is -2.14. The third-order valence-electron chi connectivity index (χ3n) is 4.08. The number of nitrogens with zero attached hydrogens (tertiary/aromatic N) is 2. The molecule has 0 bridgehead atoms. The van der Waals surface area contributed by atoms with Crippen molar-refractivity contribution in [2.45, 2.75) is 38.5 Å². The first-order valence-corrected chi connectivity index (χ1v) is 7.70. The third kappa shape index (κ3) is 3.01. The minimum atomic E-state index is 0.458. The van der Waals surface area contributed by atoms with E-state index in [1.165, 1.54) is 25.7 Å². The number of aromatic nitrogens is 2. The highest BCUT2D eigenvalue weighted by Gasteiger charge is 2.23. The molecule has 2 atom stereocenters. The SMILES string of the molecule is CC1CCCC(c2nc(Cl)cc(-c3ccccc3)n2)C1. The highest BCUT2D eigenvalue weighted by atomic mass is 35.5. The largest absolute Gasteiger partial charge is 0.232 e. The summed E-state index contributed by atoms with van der Waals surface area (Å²) in [6, 6.07) is 12.0. The van der Waals surface area contributed by atoms with Gasteiger partial charge < -0.3 is 0 Å². The summed E-state index contributed by atoms with van der Waals surface area (Å²) in [6.45, 7) is 2.31. The Hall–Kier alpha value is -1.41. The molecule has 0 saturated heterocycles. The molecule has 2 nitrogen and oxygen atoms in total. The second-order valence-electron chi connectivity index (χ2n) is 5.77. The van der Waals surface area contributed by atoms with Crippen LogP contribution >= 0.6 is 11.6 Å². The molecule has 1 aliphatic carbocycles. The fourth-order valence-corrected chi connectivity index (χ4v) is 3.23. The van der Waals surface area contributed by atoms with Gasteiger partial charge >= 0.3 is 0 Å².